The maximum atomic E-state index is 12.1. The summed E-state index contributed by atoms with van der Waals surface area (Å²) < 4.78 is 36.4. The van der Waals surface area contributed by atoms with Gasteiger partial charge in [-0.15, -0.1) is 0 Å². The molecule has 0 radical (unpaired) electrons. The number of hydrogen-bond acceptors (Lipinski definition) is 2. The van der Waals surface area contributed by atoms with E-state index in [-0.39, 0.29) is 19.4 Å². The Hall–Kier alpha value is -1.27. The molecule has 0 aromatic heterocycles. The topological polar surface area (TPSA) is 57.6 Å². The summed E-state index contributed by atoms with van der Waals surface area (Å²) in [5, 5.41) is 8.34. The number of carbonyl (C=O) groups is 2. The number of amides is 1. The molecular weight excluding hydrogens is 227 g/mol. The van der Waals surface area contributed by atoms with Crippen molar-refractivity contribution in [1.82, 2.24) is 4.90 Å². The zero-order valence-electron chi connectivity index (χ0n) is 9.04. The van der Waals surface area contributed by atoms with Gasteiger partial charge in [-0.1, -0.05) is 0 Å². The second kappa shape index (κ2) is 5.72. The smallest absolute Gasteiger partial charge is 0.471 e. The lowest BCUT2D eigenvalue weighted by atomic mass is 10.2. The molecule has 0 atom stereocenters. The molecular formula is C9H14F3NO3. The molecule has 0 unspecified atom stereocenters. The maximum Gasteiger partial charge on any atom is 0.471 e. The molecule has 0 rings (SSSR count). The SMILES string of the molecule is CC(C)N(CCCC(=O)O)C(=O)C(F)(F)F. The first-order valence-electron chi connectivity index (χ1n) is 4.76. The number of carboxylic acid groups (broad SMARTS) is 1. The van der Waals surface area contributed by atoms with E-state index in [0.717, 1.165) is 0 Å². The number of halogens is 3. The fourth-order valence-corrected chi connectivity index (χ4v) is 1.16. The van der Waals surface area contributed by atoms with Crippen LogP contribution in [0.3, 0.4) is 0 Å². The predicted molar refractivity (Wildman–Crippen MR) is 49.8 cm³/mol. The van der Waals surface area contributed by atoms with Crippen molar-refractivity contribution < 1.29 is 27.9 Å². The fourth-order valence-electron chi connectivity index (χ4n) is 1.16. The molecule has 0 bridgehead atoms. The van der Waals surface area contributed by atoms with E-state index in [0.29, 0.717) is 4.90 Å². The van der Waals surface area contributed by atoms with E-state index in [1.807, 2.05) is 0 Å². The third kappa shape index (κ3) is 4.99. The molecule has 16 heavy (non-hydrogen) atoms. The molecule has 1 N–H and O–H groups in total. The number of nitrogens with zero attached hydrogens (tertiary/aromatic N) is 1. The Morgan fingerprint density at radius 2 is 1.81 bits per heavy atom. The quantitative estimate of drug-likeness (QED) is 0.796. The van der Waals surface area contributed by atoms with Gasteiger partial charge >= 0.3 is 18.1 Å². The third-order valence-corrected chi connectivity index (χ3v) is 1.92. The summed E-state index contributed by atoms with van der Waals surface area (Å²) in [7, 11) is 0. The number of carbonyl (C=O) groups excluding carboxylic acids is 1. The largest absolute Gasteiger partial charge is 0.481 e. The van der Waals surface area contributed by atoms with Crippen LogP contribution in [0.5, 0.6) is 0 Å². The summed E-state index contributed by atoms with van der Waals surface area (Å²) in [6.45, 7) is 2.69. The molecule has 4 nitrogen and oxygen atoms in total. The van der Waals surface area contributed by atoms with Crippen molar-refractivity contribution >= 4 is 11.9 Å². The average Bonchev–Trinajstić information content (AvgIpc) is 2.08. The molecule has 0 saturated heterocycles. The lowest BCUT2D eigenvalue weighted by Crippen LogP contribution is -2.45. The molecule has 0 aromatic rings. The Labute approximate surface area is 91.0 Å². The molecule has 0 fully saturated rings. The summed E-state index contributed by atoms with van der Waals surface area (Å²) >= 11 is 0. The van der Waals surface area contributed by atoms with Crippen LogP contribution in [0.25, 0.3) is 0 Å². The van der Waals surface area contributed by atoms with Crippen molar-refractivity contribution in [2.45, 2.75) is 38.9 Å². The van der Waals surface area contributed by atoms with Gasteiger partial charge < -0.3 is 10.0 Å². The van der Waals surface area contributed by atoms with E-state index in [4.69, 9.17) is 5.11 Å². The first-order valence-corrected chi connectivity index (χ1v) is 4.76. The predicted octanol–water partition coefficient (Wildman–Crippen LogP) is 1.65. The standard InChI is InChI=1S/C9H14F3NO3/c1-6(2)13(5-3-4-7(14)15)8(16)9(10,11)12/h6H,3-5H2,1-2H3,(H,14,15). The second-order valence-electron chi connectivity index (χ2n) is 3.59. The van der Waals surface area contributed by atoms with Gasteiger partial charge in [0.25, 0.3) is 0 Å². The van der Waals surface area contributed by atoms with Gasteiger partial charge in [0.05, 0.1) is 0 Å². The highest BCUT2D eigenvalue weighted by atomic mass is 19.4. The van der Waals surface area contributed by atoms with E-state index >= 15 is 0 Å². The molecule has 94 valence electrons. The van der Waals surface area contributed by atoms with Crippen molar-refractivity contribution in [3.8, 4) is 0 Å². The third-order valence-electron chi connectivity index (χ3n) is 1.92. The van der Waals surface area contributed by atoms with Gasteiger partial charge in [0, 0.05) is 19.0 Å². The molecule has 0 aliphatic rings. The minimum atomic E-state index is -4.91. The highest BCUT2D eigenvalue weighted by Crippen LogP contribution is 2.20. The lowest BCUT2D eigenvalue weighted by molar-refractivity contribution is -0.187. The van der Waals surface area contributed by atoms with Crippen molar-refractivity contribution in [1.29, 1.82) is 0 Å². The summed E-state index contributed by atoms with van der Waals surface area (Å²) in [5.74, 6) is -3.02. The number of rotatable bonds is 5. The summed E-state index contributed by atoms with van der Waals surface area (Å²) in [6.07, 6.45) is -5.16. The van der Waals surface area contributed by atoms with Gasteiger partial charge in [0.15, 0.2) is 0 Å². The molecule has 1 amide bonds. The van der Waals surface area contributed by atoms with Crippen molar-refractivity contribution in [2.75, 3.05) is 6.54 Å². The van der Waals surface area contributed by atoms with Crippen LogP contribution in [0.1, 0.15) is 26.7 Å². The van der Waals surface area contributed by atoms with Crippen molar-refractivity contribution in [2.24, 2.45) is 0 Å². The number of alkyl halides is 3. The van der Waals surface area contributed by atoms with E-state index in [9.17, 15) is 22.8 Å². The van der Waals surface area contributed by atoms with Crippen LogP contribution < -0.4 is 0 Å². The molecule has 0 aliphatic heterocycles. The average molecular weight is 241 g/mol. The number of hydrogen-bond donors (Lipinski definition) is 1. The number of aliphatic carboxylic acids is 1. The van der Waals surface area contributed by atoms with Crippen LogP contribution >= 0.6 is 0 Å². The molecule has 0 aliphatic carbocycles. The van der Waals surface area contributed by atoms with Crippen LogP contribution in [-0.4, -0.2) is 40.6 Å². The first kappa shape index (κ1) is 14.7. The van der Waals surface area contributed by atoms with Crippen molar-refractivity contribution in [3.63, 3.8) is 0 Å². The van der Waals surface area contributed by atoms with Gasteiger partial charge in [-0.25, -0.2) is 0 Å². The van der Waals surface area contributed by atoms with Crippen LogP contribution in [0.4, 0.5) is 13.2 Å². The van der Waals surface area contributed by atoms with E-state index in [2.05, 4.69) is 0 Å². The minimum Gasteiger partial charge on any atom is -0.481 e. The highest BCUT2D eigenvalue weighted by Gasteiger charge is 2.42. The van der Waals surface area contributed by atoms with Crippen LogP contribution in [0.15, 0.2) is 0 Å². The molecule has 7 heteroatoms. The first-order chi connectivity index (χ1) is 7.16. The normalized spacial score (nSPS) is 11.6. The van der Waals surface area contributed by atoms with Gasteiger partial charge in [-0.05, 0) is 20.3 Å². The summed E-state index contributed by atoms with van der Waals surface area (Å²) in [6, 6.07) is -0.608. The highest BCUT2D eigenvalue weighted by molar-refractivity contribution is 5.82. The Balaban J connectivity index is 4.40. The van der Waals surface area contributed by atoms with Gasteiger partial charge in [0.1, 0.15) is 0 Å². The molecule has 0 saturated carbocycles. The van der Waals surface area contributed by atoms with E-state index < -0.39 is 24.1 Å². The monoisotopic (exact) mass is 241 g/mol. The molecule has 0 aromatic carbocycles. The van der Waals surface area contributed by atoms with Gasteiger partial charge in [0.2, 0.25) is 0 Å². The molecule has 0 heterocycles. The number of carboxylic acids is 1. The van der Waals surface area contributed by atoms with Gasteiger partial charge in [-0.3, -0.25) is 9.59 Å². The van der Waals surface area contributed by atoms with Crippen LogP contribution in [0.2, 0.25) is 0 Å². The Bertz CT molecular complexity index is 263. The van der Waals surface area contributed by atoms with Crippen molar-refractivity contribution in [3.05, 3.63) is 0 Å². The second-order valence-corrected chi connectivity index (χ2v) is 3.59. The van der Waals surface area contributed by atoms with Gasteiger partial charge in [-0.2, -0.15) is 13.2 Å². The Kier molecular flexibility index (Phi) is 5.26. The zero-order chi connectivity index (χ0) is 12.9. The lowest BCUT2D eigenvalue weighted by Gasteiger charge is -2.27. The maximum absolute atomic E-state index is 12.1. The summed E-state index contributed by atoms with van der Waals surface area (Å²) in [5.41, 5.74) is 0. The minimum absolute atomic E-state index is 0.00926. The van der Waals surface area contributed by atoms with E-state index in [1.165, 1.54) is 13.8 Å². The van der Waals surface area contributed by atoms with Crippen LogP contribution in [-0.2, 0) is 9.59 Å². The Morgan fingerprint density at radius 3 is 2.12 bits per heavy atom. The van der Waals surface area contributed by atoms with Crippen LogP contribution in [0, 0.1) is 0 Å². The molecule has 0 spiro atoms. The van der Waals surface area contributed by atoms with E-state index in [1.54, 1.807) is 0 Å². The zero-order valence-corrected chi connectivity index (χ0v) is 9.04. The Morgan fingerprint density at radius 1 is 1.31 bits per heavy atom. The fraction of sp³-hybridized carbons (Fsp3) is 0.778. The summed E-state index contributed by atoms with van der Waals surface area (Å²) in [4.78, 5) is 21.8.